The van der Waals surface area contributed by atoms with E-state index in [9.17, 15) is 4.79 Å². The highest BCUT2D eigenvalue weighted by Crippen LogP contribution is 2.29. The second-order valence-corrected chi connectivity index (χ2v) is 5.15. The molecule has 19 heavy (non-hydrogen) atoms. The van der Waals surface area contributed by atoms with Crippen LogP contribution in [0.1, 0.15) is 19.8 Å². The van der Waals surface area contributed by atoms with Crippen LogP contribution in [0.5, 0.6) is 5.75 Å². The van der Waals surface area contributed by atoms with Crippen LogP contribution < -0.4 is 4.74 Å². The van der Waals surface area contributed by atoms with Gasteiger partial charge in [-0.1, -0.05) is 18.2 Å². The lowest BCUT2D eigenvalue weighted by Crippen LogP contribution is -2.43. The van der Waals surface area contributed by atoms with Crippen LogP contribution in [0.15, 0.2) is 30.3 Å². The Balaban J connectivity index is 1.81. The molecule has 0 N–H and O–H groups in total. The molecule has 0 radical (unpaired) electrons. The third-order valence-electron chi connectivity index (χ3n) is 3.60. The number of likely N-dealkylation sites (tertiary alicyclic amines) is 1. The topological polar surface area (TPSA) is 53.3 Å². The average Bonchev–Trinajstić information content (AvgIpc) is 2.47. The zero-order valence-corrected chi connectivity index (χ0v) is 11.1. The highest BCUT2D eigenvalue weighted by molar-refractivity contribution is 5.77. The van der Waals surface area contributed by atoms with Gasteiger partial charge in [-0.2, -0.15) is 5.26 Å². The fraction of sp³-hybridized carbons (Fsp3) is 0.467. The molecular weight excluding hydrogens is 240 g/mol. The van der Waals surface area contributed by atoms with Gasteiger partial charge in [-0.15, -0.1) is 0 Å². The van der Waals surface area contributed by atoms with Gasteiger partial charge in [0.15, 0.2) is 6.61 Å². The number of amides is 1. The van der Waals surface area contributed by atoms with E-state index in [4.69, 9.17) is 10.00 Å². The van der Waals surface area contributed by atoms with Gasteiger partial charge in [-0.05, 0) is 31.9 Å². The van der Waals surface area contributed by atoms with Crippen LogP contribution in [-0.2, 0) is 4.79 Å². The first kappa shape index (κ1) is 13.4. The molecule has 1 aliphatic rings. The Kier molecular flexibility index (Phi) is 4.06. The minimum absolute atomic E-state index is 0.0103. The highest BCUT2D eigenvalue weighted by atomic mass is 16.5. The van der Waals surface area contributed by atoms with Gasteiger partial charge in [-0.3, -0.25) is 4.79 Å². The van der Waals surface area contributed by atoms with Gasteiger partial charge >= 0.3 is 0 Å². The third-order valence-corrected chi connectivity index (χ3v) is 3.60. The van der Waals surface area contributed by atoms with Crippen LogP contribution in [0.3, 0.4) is 0 Å². The fourth-order valence-electron chi connectivity index (χ4n) is 2.11. The first-order chi connectivity index (χ1) is 9.13. The minimum atomic E-state index is -0.281. The molecule has 0 aliphatic carbocycles. The van der Waals surface area contributed by atoms with Crippen LogP contribution >= 0.6 is 0 Å². The molecule has 0 unspecified atom stereocenters. The number of piperidine rings is 1. The molecule has 1 heterocycles. The maximum absolute atomic E-state index is 12.0. The summed E-state index contributed by atoms with van der Waals surface area (Å²) in [5, 5.41) is 9.05. The predicted octanol–water partition coefficient (Wildman–Crippen LogP) is 2.22. The summed E-state index contributed by atoms with van der Waals surface area (Å²) in [6, 6.07) is 11.6. The molecule has 100 valence electrons. The van der Waals surface area contributed by atoms with Gasteiger partial charge in [0.2, 0.25) is 0 Å². The number of nitrogens with zero attached hydrogens (tertiary/aromatic N) is 2. The van der Waals surface area contributed by atoms with Crippen LogP contribution in [0.25, 0.3) is 0 Å². The molecule has 0 atom stereocenters. The molecule has 1 aromatic carbocycles. The van der Waals surface area contributed by atoms with E-state index in [0.717, 1.165) is 12.8 Å². The van der Waals surface area contributed by atoms with E-state index in [1.54, 1.807) is 4.90 Å². The van der Waals surface area contributed by atoms with Crippen molar-refractivity contribution < 1.29 is 9.53 Å². The Labute approximate surface area is 113 Å². The molecule has 1 aliphatic heterocycles. The Morgan fingerprint density at radius 2 is 2.00 bits per heavy atom. The lowest BCUT2D eigenvalue weighted by molar-refractivity contribution is -0.135. The summed E-state index contributed by atoms with van der Waals surface area (Å²) in [6.07, 6.45) is 1.47. The van der Waals surface area contributed by atoms with E-state index < -0.39 is 0 Å². The number of rotatable bonds is 3. The monoisotopic (exact) mass is 258 g/mol. The van der Waals surface area contributed by atoms with Gasteiger partial charge in [0, 0.05) is 13.1 Å². The van der Waals surface area contributed by atoms with E-state index in [-0.39, 0.29) is 17.9 Å². The molecule has 1 saturated heterocycles. The van der Waals surface area contributed by atoms with Gasteiger partial charge in [0.1, 0.15) is 5.75 Å². The molecule has 0 saturated carbocycles. The minimum Gasteiger partial charge on any atom is -0.484 e. The van der Waals surface area contributed by atoms with Crippen molar-refractivity contribution in [3.63, 3.8) is 0 Å². The van der Waals surface area contributed by atoms with E-state index in [0.29, 0.717) is 18.8 Å². The summed E-state index contributed by atoms with van der Waals surface area (Å²) in [6.45, 7) is 3.30. The van der Waals surface area contributed by atoms with Crippen LogP contribution in [0, 0.1) is 16.7 Å². The SMILES string of the molecule is CC1(C#N)CCN(C(=O)COc2ccccc2)CC1. The van der Waals surface area contributed by atoms with Crippen LogP contribution in [0.2, 0.25) is 0 Å². The number of nitriles is 1. The lowest BCUT2D eigenvalue weighted by atomic mass is 9.82. The Morgan fingerprint density at radius 1 is 1.37 bits per heavy atom. The second kappa shape index (κ2) is 5.75. The van der Waals surface area contributed by atoms with Crippen molar-refractivity contribution in [3.05, 3.63) is 30.3 Å². The van der Waals surface area contributed by atoms with Crippen molar-refractivity contribution in [2.24, 2.45) is 5.41 Å². The summed E-state index contributed by atoms with van der Waals surface area (Å²) in [7, 11) is 0. The van der Waals surface area contributed by atoms with Gasteiger partial charge < -0.3 is 9.64 Å². The van der Waals surface area contributed by atoms with E-state index in [2.05, 4.69) is 6.07 Å². The smallest absolute Gasteiger partial charge is 0.260 e. The standard InChI is InChI=1S/C15H18N2O2/c1-15(12-16)7-9-17(10-8-15)14(18)11-19-13-5-3-2-4-6-13/h2-6H,7-11H2,1H3. The summed E-state index contributed by atoms with van der Waals surface area (Å²) in [5.74, 6) is 0.693. The summed E-state index contributed by atoms with van der Waals surface area (Å²) < 4.78 is 5.44. The molecule has 1 amide bonds. The number of para-hydroxylation sites is 1. The second-order valence-electron chi connectivity index (χ2n) is 5.15. The number of ether oxygens (including phenoxy) is 1. The van der Waals surface area contributed by atoms with Crippen molar-refractivity contribution in [1.82, 2.24) is 4.90 Å². The summed E-state index contributed by atoms with van der Waals surface area (Å²) in [5.41, 5.74) is -0.281. The number of benzene rings is 1. The van der Waals surface area contributed by atoms with E-state index in [1.165, 1.54) is 0 Å². The van der Waals surface area contributed by atoms with Gasteiger partial charge in [-0.25, -0.2) is 0 Å². The van der Waals surface area contributed by atoms with Crippen molar-refractivity contribution in [3.8, 4) is 11.8 Å². The third kappa shape index (κ3) is 3.47. The fourth-order valence-corrected chi connectivity index (χ4v) is 2.11. The largest absolute Gasteiger partial charge is 0.484 e. The number of hydrogen-bond donors (Lipinski definition) is 0. The molecule has 1 aromatic rings. The molecule has 2 rings (SSSR count). The van der Waals surface area contributed by atoms with Gasteiger partial charge in [0.05, 0.1) is 11.5 Å². The van der Waals surface area contributed by atoms with Crippen molar-refractivity contribution in [2.75, 3.05) is 19.7 Å². The lowest BCUT2D eigenvalue weighted by Gasteiger charge is -2.34. The number of carbonyl (C=O) groups excluding carboxylic acids is 1. The first-order valence-electron chi connectivity index (χ1n) is 6.50. The maximum atomic E-state index is 12.0. The normalized spacial score (nSPS) is 17.6. The zero-order chi connectivity index (χ0) is 13.7. The maximum Gasteiger partial charge on any atom is 0.260 e. The molecule has 0 bridgehead atoms. The number of hydrogen-bond acceptors (Lipinski definition) is 3. The molecule has 0 spiro atoms. The van der Waals surface area contributed by atoms with Crippen LogP contribution in [0.4, 0.5) is 0 Å². The molecular formula is C15H18N2O2. The molecule has 1 fully saturated rings. The average molecular weight is 258 g/mol. The first-order valence-corrected chi connectivity index (χ1v) is 6.50. The van der Waals surface area contributed by atoms with Crippen LogP contribution in [-0.4, -0.2) is 30.5 Å². The highest BCUT2D eigenvalue weighted by Gasteiger charge is 2.31. The Bertz CT molecular complexity index is 471. The summed E-state index contributed by atoms with van der Waals surface area (Å²) >= 11 is 0. The van der Waals surface area contributed by atoms with Crippen molar-refractivity contribution in [2.45, 2.75) is 19.8 Å². The molecule has 4 nitrogen and oxygen atoms in total. The van der Waals surface area contributed by atoms with E-state index >= 15 is 0 Å². The Hall–Kier alpha value is -2.02. The quantitative estimate of drug-likeness (QED) is 0.835. The van der Waals surface area contributed by atoms with Gasteiger partial charge in [0.25, 0.3) is 5.91 Å². The zero-order valence-electron chi connectivity index (χ0n) is 11.1. The van der Waals surface area contributed by atoms with Crippen molar-refractivity contribution in [1.29, 1.82) is 5.26 Å². The molecule has 0 aromatic heterocycles. The van der Waals surface area contributed by atoms with Crippen molar-refractivity contribution >= 4 is 5.91 Å². The summed E-state index contributed by atoms with van der Waals surface area (Å²) in [4.78, 5) is 13.8. The predicted molar refractivity (Wildman–Crippen MR) is 71.5 cm³/mol. The van der Waals surface area contributed by atoms with E-state index in [1.807, 2.05) is 37.3 Å². The Morgan fingerprint density at radius 3 is 2.58 bits per heavy atom. The molecule has 4 heteroatoms. The number of carbonyl (C=O) groups is 1.